The Labute approximate surface area is 282 Å². The van der Waals surface area contributed by atoms with Crippen LogP contribution in [0.3, 0.4) is 0 Å². The Kier molecular flexibility index (Phi) is 32.8. The number of carbonyl (C=O) groups excluding carboxylic acids is 2. The number of esters is 2. The Morgan fingerprint density at radius 3 is 1.43 bits per heavy atom. The molecule has 0 heterocycles. The molecule has 0 bridgehead atoms. The van der Waals surface area contributed by atoms with Crippen LogP contribution in [-0.2, 0) is 32.7 Å². The lowest BCUT2D eigenvalue weighted by Gasteiger charge is -2.19. The zero-order valence-corrected chi connectivity index (χ0v) is 30.9. The summed E-state index contributed by atoms with van der Waals surface area (Å²) in [6.45, 7) is 5.44. The van der Waals surface area contributed by atoms with Gasteiger partial charge < -0.3 is 14.4 Å². The molecule has 0 aromatic heterocycles. The summed E-state index contributed by atoms with van der Waals surface area (Å²) in [7, 11) is -4.27. The molecule has 0 aromatic rings. The van der Waals surface area contributed by atoms with Crippen LogP contribution in [0.25, 0.3) is 0 Å². The van der Waals surface area contributed by atoms with E-state index in [2.05, 4.69) is 26.0 Å². The van der Waals surface area contributed by atoms with E-state index in [1.807, 2.05) is 0 Å². The van der Waals surface area contributed by atoms with E-state index in [4.69, 9.17) is 18.5 Å². The van der Waals surface area contributed by atoms with Crippen LogP contribution in [0.1, 0.15) is 188 Å². The third-order valence-electron chi connectivity index (χ3n) is 8.07. The van der Waals surface area contributed by atoms with E-state index < -0.39 is 19.9 Å². The Balaban J connectivity index is 4.10. The van der Waals surface area contributed by atoms with E-state index in [1.165, 1.54) is 103 Å². The molecule has 1 N–H and O–H groups in total. The molecule has 0 saturated heterocycles. The summed E-state index contributed by atoms with van der Waals surface area (Å²) in [6, 6.07) is 0. The molecular weight excluding hydrogens is 603 g/mol. The SMILES string of the molecule is CCCCCCCC/C=C\CCCCCCCCCC(=O)OC(COC(=O)CCCCCCCCCCC)COP(=O)(O)OCC. The van der Waals surface area contributed by atoms with Crippen LogP contribution in [0.4, 0.5) is 0 Å². The van der Waals surface area contributed by atoms with E-state index in [1.54, 1.807) is 6.92 Å². The van der Waals surface area contributed by atoms with Crippen LogP contribution in [0.15, 0.2) is 12.2 Å². The fourth-order valence-electron chi connectivity index (χ4n) is 5.27. The van der Waals surface area contributed by atoms with Gasteiger partial charge in [-0.3, -0.25) is 18.6 Å². The largest absolute Gasteiger partial charge is 0.472 e. The standard InChI is InChI=1S/C37H71O8P/c1-4-7-9-11-13-15-16-17-18-19-20-21-22-24-26-28-30-32-37(39)45-35(34-44-46(40,41)43-6-3)33-42-36(38)31-29-27-25-23-14-12-10-8-5-2/h17-18,35H,4-16,19-34H2,1-3H3,(H,40,41)/b18-17-. The van der Waals surface area contributed by atoms with Crippen LogP contribution in [0, 0.1) is 0 Å². The molecule has 0 saturated carbocycles. The first-order valence-corrected chi connectivity index (χ1v) is 20.5. The predicted molar refractivity (Wildman–Crippen MR) is 189 cm³/mol. The molecule has 0 rings (SSSR count). The van der Waals surface area contributed by atoms with Gasteiger partial charge in [0.2, 0.25) is 0 Å². The van der Waals surface area contributed by atoms with Gasteiger partial charge in [0.1, 0.15) is 6.61 Å². The van der Waals surface area contributed by atoms with Crippen LogP contribution < -0.4 is 0 Å². The van der Waals surface area contributed by atoms with Gasteiger partial charge in [0.05, 0.1) is 13.2 Å². The number of hydrogen-bond acceptors (Lipinski definition) is 7. The van der Waals surface area contributed by atoms with E-state index in [9.17, 15) is 19.0 Å². The lowest BCUT2D eigenvalue weighted by atomic mass is 10.1. The van der Waals surface area contributed by atoms with Crippen LogP contribution in [0.2, 0.25) is 0 Å². The zero-order valence-electron chi connectivity index (χ0n) is 30.0. The molecule has 0 aromatic carbocycles. The molecule has 2 atom stereocenters. The lowest BCUT2D eigenvalue weighted by molar-refractivity contribution is -0.161. The normalized spacial score (nSPS) is 13.6. The van der Waals surface area contributed by atoms with Gasteiger partial charge in [-0.1, -0.05) is 142 Å². The molecule has 0 radical (unpaired) electrons. The van der Waals surface area contributed by atoms with Gasteiger partial charge in [-0.15, -0.1) is 0 Å². The van der Waals surface area contributed by atoms with E-state index in [-0.39, 0.29) is 32.2 Å². The van der Waals surface area contributed by atoms with Crippen molar-refractivity contribution in [3.63, 3.8) is 0 Å². The first kappa shape index (κ1) is 44.8. The number of carbonyl (C=O) groups is 2. The molecule has 0 aliphatic rings. The number of unbranched alkanes of at least 4 members (excludes halogenated alkanes) is 21. The molecule has 8 nitrogen and oxygen atoms in total. The van der Waals surface area contributed by atoms with Crippen LogP contribution in [0.5, 0.6) is 0 Å². The Bertz CT molecular complexity index is 772. The van der Waals surface area contributed by atoms with Gasteiger partial charge in [-0.2, -0.15) is 0 Å². The maximum atomic E-state index is 12.5. The smallest absolute Gasteiger partial charge is 0.462 e. The van der Waals surface area contributed by atoms with Crippen LogP contribution >= 0.6 is 7.82 Å². The molecule has 272 valence electrons. The fraction of sp³-hybridized carbons (Fsp3) is 0.892. The predicted octanol–water partition coefficient (Wildman–Crippen LogP) is 11.3. The molecule has 9 heteroatoms. The van der Waals surface area contributed by atoms with Gasteiger partial charge in [-0.25, -0.2) is 4.57 Å². The minimum Gasteiger partial charge on any atom is -0.462 e. The van der Waals surface area contributed by atoms with E-state index >= 15 is 0 Å². The molecule has 0 aliphatic carbocycles. The molecule has 0 fully saturated rings. The Morgan fingerprint density at radius 2 is 0.978 bits per heavy atom. The molecule has 0 spiro atoms. The topological polar surface area (TPSA) is 108 Å². The highest BCUT2D eigenvalue weighted by Crippen LogP contribution is 2.43. The van der Waals surface area contributed by atoms with Crippen molar-refractivity contribution in [2.45, 2.75) is 194 Å². The maximum absolute atomic E-state index is 12.5. The highest BCUT2D eigenvalue weighted by Gasteiger charge is 2.25. The van der Waals surface area contributed by atoms with Crippen molar-refractivity contribution in [2.75, 3.05) is 19.8 Å². The average molecular weight is 675 g/mol. The second-order valence-electron chi connectivity index (χ2n) is 12.6. The van der Waals surface area contributed by atoms with E-state index in [0.29, 0.717) is 12.8 Å². The highest BCUT2D eigenvalue weighted by molar-refractivity contribution is 7.47. The molecule has 46 heavy (non-hydrogen) atoms. The van der Waals surface area contributed by atoms with E-state index in [0.717, 1.165) is 44.9 Å². The van der Waals surface area contributed by atoms with Gasteiger partial charge in [0, 0.05) is 12.8 Å². The Morgan fingerprint density at radius 1 is 0.565 bits per heavy atom. The fourth-order valence-corrected chi connectivity index (χ4v) is 6.03. The second kappa shape index (κ2) is 33.7. The number of hydrogen-bond donors (Lipinski definition) is 1. The summed E-state index contributed by atoms with van der Waals surface area (Å²) in [6.07, 6.45) is 32.7. The lowest BCUT2D eigenvalue weighted by Crippen LogP contribution is -2.29. The minimum absolute atomic E-state index is 0.00230. The van der Waals surface area contributed by atoms with Crippen molar-refractivity contribution in [1.29, 1.82) is 0 Å². The summed E-state index contributed by atoms with van der Waals surface area (Å²) >= 11 is 0. The van der Waals surface area contributed by atoms with Crippen molar-refractivity contribution in [1.82, 2.24) is 0 Å². The third-order valence-corrected chi connectivity index (χ3v) is 9.13. The number of phosphoric ester groups is 1. The van der Waals surface area contributed by atoms with Crippen molar-refractivity contribution < 1.29 is 37.6 Å². The van der Waals surface area contributed by atoms with Crippen molar-refractivity contribution in [3.8, 4) is 0 Å². The number of allylic oxidation sites excluding steroid dienone is 2. The molecule has 0 amide bonds. The third kappa shape index (κ3) is 32.7. The number of rotatable bonds is 35. The van der Waals surface area contributed by atoms with Crippen LogP contribution in [-0.4, -0.2) is 42.8 Å². The quantitative estimate of drug-likeness (QED) is 0.0306. The summed E-state index contributed by atoms with van der Waals surface area (Å²) in [5, 5.41) is 0. The number of ether oxygens (including phenoxy) is 2. The molecular formula is C37H71O8P. The summed E-state index contributed by atoms with van der Waals surface area (Å²) in [5.74, 6) is -0.800. The maximum Gasteiger partial charge on any atom is 0.472 e. The summed E-state index contributed by atoms with van der Waals surface area (Å²) in [4.78, 5) is 34.5. The molecule has 2 unspecified atom stereocenters. The first-order chi connectivity index (χ1) is 22.3. The van der Waals surface area contributed by atoms with Gasteiger partial charge in [0.15, 0.2) is 6.10 Å². The average Bonchev–Trinajstić information content (AvgIpc) is 3.03. The highest BCUT2D eigenvalue weighted by atomic mass is 31.2. The zero-order chi connectivity index (χ0) is 34.0. The van der Waals surface area contributed by atoms with Crippen molar-refractivity contribution in [3.05, 3.63) is 12.2 Å². The summed E-state index contributed by atoms with van der Waals surface area (Å²) < 4.78 is 32.5. The van der Waals surface area contributed by atoms with Gasteiger partial charge >= 0.3 is 19.8 Å². The molecule has 0 aliphatic heterocycles. The minimum atomic E-state index is -4.27. The number of phosphoric acid groups is 1. The monoisotopic (exact) mass is 674 g/mol. The summed E-state index contributed by atoms with van der Waals surface area (Å²) in [5.41, 5.74) is 0. The van der Waals surface area contributed by atoms with Crippen molar-refractivity contribution in [2.24, 2.45) is 0 Å². The van der Waals surface area contributed by atoms with Gasteiger partial charge in [-0.05, 0) is 45.4 Å². The Hall–Kier alpha value is -1.21. The first-order valence-electron chi connectivity index (χ1n) is 19.0. The second-order valence-corrected chi connectivity index (χ2v) is 14.1. The van der Waals surface area contributed by atoms with Gasteiger partial charge in [0.25, 0.3) is 0 Å². The van der Waals surface area contributed by atoms with Crippen molar-refractivity contribution >= 4 is 19.8 Å².